The second kappa shape index (κ2) is 6.25. The van der Waals surface area contributed by atoms with Gasteiger partial charge in [-0.05, 0) is 57.5 Å². The van der Waals surface area contributed by atoms with Crippen LogP contribution in [0.4, 0.5) is 0 Å². The van der Waals surface area contributed by atoms with E-state index < -0.39 is 0 Å². The van der Waals surface area contributed by atoms with Crippen molar-refractivity contribution in [2.24, 2.45) is 11.8 Å². The topological polar surface area (TPSA) is 29.5 Å². The summed E-state index contributed by atoms with van der Waals surface area (Å²) in [6, 6.07) is 0. The average molecular weight is 267 g/mol. The molecule has 1 aliphatic carbocycles. The van der Waals surface area contributed by atoms with Crippen molar-refractivity contribution >= 4 is 5.97 Å². The molecule has 19 heavy (non-hydrogen) atoms. The zero-order valence-electron chi connectivity index (χ0n) is 12.8. The molecule has 110 valence electrons. The second-order valence-electron chi connectivity index (χ2n) is 6.67. The van der Waals surface area contributed by atoms with Crippen LogP contribution in [0, 0.1) is 11.8 Å². The lowest BCUT2D eigenvalue weighted by atomic mass is 9.61. The second-order valence-corrected chi connectivity index (χ2v) is 6.67. The number of hydrogen-bond acceptors (Lipinski definition) is 3. The van der Waals surface area contributed by atoms with Crippen molar-refractivity contribution in [3.8, 4) is 0 Å². The van der Waals surface area contributed by atoms with Crippen molar-refractivity contribution < 1.29 is 9.53 Å². The van der Waals surface area contributed by atoms with Gasteiger partial charge in [-0.1, -0.05) is 20.3 Å². The van der Waals surface area contributed by atoms with E-state index in [4.69, 9.17) is 4.74 Å². The van der Waals surface area contributed by atoms with Crippen LogP contribution in [0.3, 0.4) is 0 Å². The molecule has 0 bridgehead atoms. The molecule has 1 saturated carbocycles. The summed E-state index contributed by atoms with van der Waals surface area (Å²) in [6.07, 6.45) is 6.89. The highest BCUT2D eigenvalue weighted by atomic mass is 16.5. The molecule has 3 nitrogen and oxygen atoms in total. The van der Waals surface area contributed by atoms with Gasteiger partial charge in [0.05, 0.1) is 13.0 Å². The maximum Gasteiger partial charge on any atom is 0.307 e. The number of ether oxygens (including phenoxy) is 1. The first-order valence-corrected chi connectivity index (χ1v) is 7.98. The largest absolute Gasteiger partial charge is 0.466 e. The van der Waals surface area contributed by atoms with E-state index in [1.54, 1.807) is 0 Å². The van der Waals surface area contributed by atoms with Gasteiger partial charge in [-0.3, -0.25) is 9.69 Å². The number of piperidine rings is 1. The maximum atomic E-state index is 11.9. The van der Waals surface area contributed by atoms with E-state index in [9.17, 15) is 4.79 Å². The Balaban J connectivity index is 1.99. The molecule has 0 spiro atoms. The highest BCUT2D eigenvalue weighted by Gasteiger charge is 2.50. The monoisotopic (exact) mass is 267 g/mol. The third-order valence-corrected chi connectivity index (χ3v) is 5.03. The van der Waals surface area contributed by atoms with Crippen LogP contribution in [-0.2, 0) is 9.53 Å². The first-order valence-electron chi connectivity index (χ1n) is 7.98. The van der Waals surface area contributed by atoms with Gasteiger partial charge in [-0.2, -0.15) is 0 Å². The molecule has 0 amide bonds. The van der Waals surface area contributed by atoms with E-state index in [1.165, 1.54) is 45.2 Å². The first kappa shape index (κ1) is 14.8. The van der Waals surface area contributed by atoms with Crippen LogP contribution in [0.5, 0.6) is 0 Å². The predicted octanol–water partition coefficient (Wildman–Crippen LogP) is 3.23. The Bertz CT molecular complexity index is 302. The summed E-state index contributed by atoms with van der Waals surface area (Å²) in [7, 11) is 0. The quantitative estimate of drug-likeness (QED) is 0.716. The summed E-state index contributed by atoms with van der Waals surface area (Å²) in [6.45, 7) is 9.34. The van der Waals surface area contributed by atoms with Gasteiger partial charge in [-0.25, -0.2) is 0 Å². The van der Waals surface area contributed by atoms with Crippen molar-refractivity contribution in [1.82, 2.24) is 4.90 Å². The molecule has 0 N–H and O–H groups in total. The Morgan fingerprint density at radius 1 is 1.26 bits per heavy atom. The number of carbonyl (C=O) groups is 1. The van der Waals surface area contributed by atoms with Crippen LogP contribution in [-0.4, -0.2) is 36.1 Å². The molecule has 2 aliphatic rings. The molecule has 0 aromatic heterocycles. The van der Waals surface area contributed by atoms with E-state index in [-0.39, 0.29) is 11.5 Å². The molecule has 0 unspecified atom stereocenters. The number of carbonyl (C=O) groups excluding carboxylic acids is 1. The van der Waals surface area contributed by atoms with Crippen LogP contribution in [0.15, 0.2) is 0 Å². The zero-order valence-corrected chi connectivity index (χ0v) is 12.8. The van der Waals surface area contributed by atoms with Gasteiger partial charge in [-0.15, -0.1) is 0 Å². The summed E-state index contributed by atoms with van der Waals surface area (Å²) < 4.78 is 5.19. The van der Waals surface area contributed by atoms with Crippen LogP contribution in [0.2, 0.25) is 0 Å². The summed E-state index contributed by atoms with van der Waals surface area (Å²) in [4.78, 5) is 14.5. The lowest BCUT2D eigenvalue weighted by molar-refractivity contribution is -0.152. The molecule has 2 fully saturated rings. The minimum Gasteiger partial charge on any atom is -0.466 e. The van der Waals surface area contributed by atoms with Gasteiger partial charge in [0.1, 0.15) is 0 Å². The summed E-state index contributed by atoms with van der Waals surface area (Å²) in [5.41, 5.74) is 0.127. The molecular weight excluding hydrogens is 238 g/mol. The number of esters is 1. The van der Waals surface area contributed by atoms with E-state index in [0.29, 0.717) is 13.0 Å². The van der Waals surface area contributed by atoms with Crippen LogP contribution >= 0.6 is 0 Å². The Kier molecular flexibility index (Phi) is 4.88. The van der Waals surface area contributed by atoms with E-state index >= 15 is 0 Å². The molecule has 0 atom stereocenters. The zero-order chi connectivity index (χ0) is 13.9. The molecule has 3 heteroatoms. The van der Waals surface area contributed by atoms with Crippen molar-refractivity contribution in [2.75, 3.05) is 19.7 Å². The van der Waals surface area contributed by atoms with Gasteiger partial charge in [0.15, 0.2) is 0 Å². The van der Waals surface area contributed by atoms with E-state index in [1.807, 2.05) is 6.92 Å². The first-order chi connectivity index (χ1) is 9.07. The van der Waals surface area contributed by atoms with Crippen molar-refractivity contribution in [3.63, 3.8) is 0 Å². The Morgan fingerprint density at radius 3 is 2.42 bits per heavy atom. The SMILES string of the molecule is CCOC(=O)CC1(N2CCCCC2)CC(C(C)C)C1. The van der Waals surface area contributed by atoms with Gasteiger partial charge < -0.3 is 4.74 Å². The fourth-order valence-corrected chi connectivity index (χ4v) is 3.75. The molecule has 0 aromatic rings. The highest BCUT2D eigenvalue weighted by molar-refractivity contribution is 5.71. The van der Waals surface area contributed by atoms with Crippen LogP contribution in [0.25, 0.3) is 0 Å². The molecular formula is C16H29NO2. The Morgan fingerprint density at radius 2 is 1.89 bits per heavy atom. The molecule has 2 rings (SSSR count). The van der Waals surface area contributed by atoms with Gasteiger partial charge in [0, 0.05) is 5.54 Å². The summed E-state index contributed by atoms with van der Waals surface area (Å²) >= 11 is 0. The molecule has 1 saturated heterocycles. The van der Waals surface area contributed by atoms with Crippen molar-refractivity contribution in [1.29, 1.82) is 0 Å². The highest BCUT2D eigenvalue weighted by Crippen LogP contribution is 2.49. The Hall–Kier alpha value is -0.570. The molecule has 0 radical (unpaired) electrons. The minimum atomic E-state index is -0.00437. The van der Waals surface area contributed by atoms with E-state index in [0.717, 1.165) is 11.8 Å². The molecule has 0 aromatic carbocycles. The summed E-state index contributed by atoms with van der Waals surface area (Å²) in [5, 5.41) is 0. The lowest BCUT2D eigenvalue weighted by Gasteiger charge is -2.56. The van der Waals surface area contributed by atoms with Gasteiger partial charge in [0.2, 0.25) is 0 Å². The maximum absolute atomic E-state index is 11.9. The van der Waals surface area contributed by atoms with Gasteiger partial charge >= 0.3 is 5.97 Å². The number of nitrogens with zero attached hydrogens (tertiary/aromatic N) is 1. The third-order valence-electron chi connectivity index (χ3n) is 5.03. The lowest BCUT2D eigenvalue weighted by Crippen LogP contribution is -2.60. The van der Waals surface area contributed by atoms with Gasteiger partial charge in [0.25, 0.3) is 0 Å². The fourth-order valence-electron chi connectivity index (χ4n) is 3.75. The number of likely N-dealkylation sites (tertiary alicyclic amines) is 1. The Labute approximate surface area is 117 Å². The van der Waals surface area contributed by atoms with Crippen LogP contribution < -0.4 is 0 Å². The molecule has 1 aliphatic heterocycles. The summed E-state index contributed by atoms with van der Waals surface area (Å²) in [5.74, 6) is 1.52. The smallest absolute Gasteiger partial charge is 0.307 e. The standard InChI is InChI=1S/C16H29NO2/c1-4-19-15(18)12-16(10-14(11-16)13(2)3)17-8-6-5-7-9-17/h13-14H,4-12H2,1-3H3. The van der Waals surface area contributed by atoms with E-state index in [2.05, 4.69) is 18.7 Å². The average Bonchev–Trinajstić information content (AvgIpc) is 2.34. The number of hydrogen-bond donors (Lipinski definition) is 0. The predicted molar refractivity (Wildman–Crippen MR) is 77.0 cm³/mol. The minimum absolute atomic E-state index is 0.00437. The number of rotatable bonds is 5. The normalized spacial score (nSPS) is 32.1. The van der Waals surface area contributed by atoms with Crippen molar-refractivity contribution in [2.45, 2.75) is 64.8 Å². The third kappa shape index (κ3) is 3.31. The fraction of sp³-hybridized carbons (Fsp3) is 0.938. The molecule has 1 heterocycles. The van der Waals surface area contributed by atoms with Crippen molar-refractivity contribution in [3.05, 3.63) is 0 Å². The van der Waals surface area contributed by atoms with Crippen LogP contribution in [0.1, 0.15) is 59.3 Å².